The summed E-state index contributed by atoms with van der Waals surface area (Å²) >= 11 is 1.54. The Morgan fingerprint density at radius 2 is 1.38 bits per heavy atom. The number of benzene rings is 3. The van der Waals surface area contributed by atoms with Crippen molar-refractivity contribution < 1.29 is 41.9 Å². The molecule has 11 heteroatoms. The van der Waals surface area contributed by atoms with Gasteiger partial charge in [-0.1, -0.05) is 6.92 Å². The number of ether oxygens (including phenoxy) is 6. The Morgan fingerprint density at radius 1 is 0.833 bits per heavy atom. The van der Waals surface area contributed by atoms with Crippen LogP contribution in [0, 0.1) is 0 Å². The monoisotopic (exact) mass is 618 g/mol. The first-order valence-electron chi connectivity index (χ1n) is 13.7. The number of hydrogen-bond acceptors (Lipinski definition) is 10. The largest absolute Gasteiger partial charge is 0.508 e. The topological polar surface area (TPSA) is 110 Å². The predicted molar refractivity (Wildman–Crippen MR) is 162 cm³/mol. The van der Waals surface area contributed by atoms with E-state index in [1.807, 2.05) is 31.2 Å². The maximum Gasteiger partial charge on any atom is 0.203 e. The molecule has 0 spiro atoms. The molecular formula is C31H38O9S2. The lowest BCUT2D eigenvalue weighted by molar-refractivity contribution is 0.0435. The van der Waals surface area contributed by atoms with Gasteiger partial charge in [-0.05, 0) is 78.9 Å². The van der Waals surface area contributed by atoms with Crippen LogP contribution in [-0.2, 0) is 14.6 Å². The van der Waals surface area contributed by atoms with Crippen molar-refractivity contribution in [3.63, 3.8) is 0 Å². The summed E-state index contributed by atoms with van der Waals surface area (Å²) in [5.41, 5.74) is 1.59. The zero-order chi connectivity index (χ0) is 30.3. The van der Waals surface area contributed by atoms with Gasteiger partial charge in [0.25, 0.3) is 0 Å². The van der Waals surface area contributed by atoms with Gasteiger partial charge < -0.3 is 33.5 Å². The normalized spacial score (nSPS) is 16.7. The molecule has 0 saturated carbocycles. The highest BCUT2D eigenvalue weighted by Gasteiger charge is 2.32. The minimum Gasteiger partial charge on any atom is -0.508 e. The van der Waals surface area contributed by atoms with Crippen LogP contribution in [0.1, 0.15) is 49.5 Å². The van der Waals surface area contributed by atoms with Gasteiger partial charge in [0.1, 0.15) is 10.6 Å². The Balaban J connectivity index is 1.59. The second-order valence-corrected chi connectivity index (χ2v) is 13.0. The van der Waals surface area contributed by atoms with Crippen LogP contribution in [0.15, 0.2) is 58.3 Å². The van der Waals surface area contributed by atoms with Crippen LogP contribution >= 0.6 is 11.8 Å². The number of methoxy groups -OCH3 is 4. The van der Waals surface area contributed by atoms with Gasteiger partial charge in [-0.15, -0.1) is 11.8 Å². The molecule has 3 aromatic rings. The SMILES string of the molecule is CCCS(=O)(=O)c1cc([C@@H]2CC[C@@H](c3cc(OC)c(OC)c(OC)c3)O2)cc(OC)c1OCCSc1ccc(O)cc1. The van der Waals surface area contributed by atoms with E-state index < -0.39 is 9.84 Å². The Bertz CT molecular complexity index is 1430. The molecule has 9 nitrogen and oxygen atoms in total. The summed E-state index contributed by atoms with van der Waals surface area (Å²) < 4.78 is 61.5. The van der Waals surface area contributed by atoms with E-state index in [2.05, 4.69) is 0 Å². The van der Waals surface area contributed by atoms with E-state index in [9.17, 15) is 13.5 Å². The first-order valence-corrected chi connectivity index (χ1v) is 16.3. The third kappa shape index (κ3) is 7.19. The number of phenolic OH excluding ortho intramolecular Hbond substituents is 1. The van der Waals surface area contributed by atoms with Gasteiger partial charge in [0.15, 0.2) is 32.8 Å². The van der Waals surface area contributed by atoms with Crippen molar-refractivity contribution in [2.45, 2.75) is 48.2 Å². The molecule has 1 heterocycles. The van der Waals surface area contributed by atoms with Crippen LogP contribution in [-0.4, -0.2) is 60.1 Å². The van der Waals surface area contributed by atoms with Crippen molar-refractivity contribution in [3.8, 4) is 34.5 Å². The van der Waals surface area contributed by atoms with E-state index in [0.29, 0.717) is 47.2 Å². The lowest BCUT2D eigenvalue weighted by atomic mass is 10.0. The summed E-state index contributed by atoms with van der Waals surface area (Å²) in [5.74, 6) is 2.90. The number of hydrogen-bond donors (Lipinski definition) is 1. The van der Waals surface area contributed by atoms with Gasteiger partial charge in [-0.2, -0.15) is 0 Å². The van der Waals surface area contributed by atoms with Gasteiger partial charge in [-0.25, -0.2) is 8.42 Å². The highest BCUT2D eigenvalue weighted by molar-refractivity contribution is 7.99. The Hall–Kier alpha value is -3.28. The molecule has 2 atom stereocenters. The molecule has 228 valence electrons. The molecule has 42 heavy (non-hydrogen) atoms. The molecule has 1 saturated heterocycles. The molecule has 0 unspecified atom stereocenters. The molecule has 0 radical (unpaired) electrons. The van der Waals surface area contributed by atoms with Gasteiger partial charge in [0.05, 0.1) is 53.0 Å². The molecule has 0 bridgehead atoms. The number of aromatic hydroxyl groups is 1. The summed E-state index contributed by atoms with van der Waals surface area (Å²) in [6, 6.07) is 14.1. The highest BCUT2D eigenvalue weighted by Crippen LogP contribution is 2.48. The fourth-order valence-electron chi connectivity index (χ4n) is 4.95. The van der Waals surface area contributed by atoms with Gasteiger partial charge in [0.2, 0.25) is 5.75 Å². The maximum absolute atomic E-state index is 13.4. The fraction of sp³-hybridized carbons (Fsp3) is 0.419. The van der Waals surface area contributed by atoms with Crippen LogP contribution in [0.25, 0.3) is 0 Å². The second-order valence-electron chi connectivity index (χ2n) is 9.71. The van der Waals surface area contributed by atoms with E-state index in [0.717, 1.165) is 16.9 Å². The lowest BCUT2D eigenvalue weighted by Gasteiger charge is -2.21. The zero-order valence-electron chi connectivity index (χ0n) is 24.5. The first kappa shape index (κ1) is 31.7. The van der Waals surface area contributed by atoms with Crippen molar-refractivity contribution in [2.24, 2.45) is 0 Å². The van der Waals surface area contributed by atoms with Gasteiger partial charge in [-0.3, -0.25) is 0 Å². The highest BCUT2D eigenvalue weighted by atomic mass is 32.2. The van der Waals surface area contributed by atoms with Gasteiger partial charge >= 0.3 is 0 Å². The summed E-state index contributed by atoms with van der Waals surface area (Å²) in [4.78, 5) is 1.07. The van der Waals surface area contributed by atoms with Crippen molar-refractivity contribution in [1.29, 1.82) is 0 Å². The molecule has 0 amide bonds. The number of sulfone groups is 1. The number of thioether (sulfide) groups is 1. The first-order chi connectivity index (χ1) is 20.2. The molecule has 1 aliphatic heterocycles. The molecule has 0 aliphatic carbocycles. The van der Waals surface area contributed by atoms with Crippen LogP contribution in [0.3, 0.4) is 0 Å². The van der Waals surface area contributed by atoms with Crippen molar-refractivity contribution in [1.82, 2.24) is 0 Å². The van der Waals surface area contributed by atoms with Crippen LogP contribution in [0.5, 0.6) is 34.5 Å². The summed E-state index contributed by atoms with van der Waals surface area (Å²) in [5, 5.41) is 9.49. The quantitative estimate of drug-likeness (QED) is 0.162. The summed E-state index contributed by atoms with van der Waals surface area (Å²) in [6.45, 7) is 2.09. The van der Waals surface area contributed by atoms with Crippen molar-refractivity contribution in [3.05, 3.63) is 59.7 Å². The van der Waals surface area contributed by atoms with E-state index in [1.165, 1.54) is 7.11 Å². The van der Waals surface area contributed by atoms with Crippen LogP contribution in [0.2, 0.25) is 0 Å². The van der Waals surface area contributed by atoms with E-state index in [1.54, 1.807) is 57.4 Å². The third-order valence-electron chi connectivity index (χ3n) is 6.96. The van der Waals surface area contributed by atoms with Gasteiger partial charge in [0, 0.05) is 10.6 Å². The second kappa shape index (κ2) is 14.3. The minimum absolute atomic E-state index is 0.0161. The molecule has 1 N–H and O–H groups in total. The number of rotatable bonds is 14. The van der Waals surface area contributed by atoms with E-state index in [-0.39, 0.29) is 41.0 Å². The lowest BCUT2D eigenvalue weighted by Crippen LogP contribution is -2.12. The Kier molecular flexibility index (Phi) is 10.7. The Morgan fingerprint density at radius 3 is 1.90 bits per heavy atom. The maximum atomic E-state index is 13.4. The molecule has 3 aromatic carbocycles. The molecule has 1 fully saturated rings. The zero-order valence-corrected chi connectivity index (χ0v) is 26.2. The molecule has 4 rings (SSSR count). The number of phenols is 1. The molecular weight excluding hydrogens is 580 g/mol. The smallest absolute Gasteiger partial charge is 0.203 e. The third-order valence-corrected chi connectivity index (χ3v) is 9.85. The van der Waals surface area contributed by atoms with Crippen LogP contribution in [0.4, 0.5) is 0 Å². The Labute approximate surface area is 252 Å². The standard InChI is InChI=1S/C31H38O9S2/c1-6-15-42(33,34)29-19-21(18-28(37-4)31(29)39-13-14-41-23-9-7-22(32)8-10-23)25-12-11-24(40-25)20-16-26(35-2)30(38-5)27(17-20)36-3/h7-10,16-19,24-25,32H,6,11-15H2,1-5H3/t24-,25-/m0/s1. The van der Waals surface area contributed by atoms with E-state index >= 15 is 0 Å². The van der Waals surface area contributed by atoms with Crippen molar-refractivity contribution in [2.75, 3.05) is 46.6 Å². The fourth-order valence-corrected chi connectivity index (χ4v) is 7.19. The van der Waals surface area contributed by atoms with Crippen molar-refractivity contribution >= 4 is 21.6 Å². The summed E-state index contributed by atoms with van der Waals surface area (Å²) in [6.07, 6.45) is 1.26. The molecule has 0 aromatic heterocycles. The molecule has 1 aliphatic rings. The summed E-state index contributed by atoms with van der Waals surface area (Å²) in [7, 11) is 2.54. The average molecular weight is 619 g/mol. The minimum atomic E-state index is -3.65. The average Bonchev–Trinajstić information content (AvgIpc) is 3.49. The van der Waals surface area contributed by atoms with E-state index in [4.69, 9.17) is 28.4 Å². The van der Waals surface area contributed by atoms with Crippen LogP contribution < -0.4 is 23.7 Å². The predicted octanol–water partition coefficient (Wildman–Crippen LogP) is 6.37.